The first kappa shape index (κ1) is 22.2. The minimum absolute atomic E-state index is 0.0640. The van der Waals surface area contributed by atoms with Crippen molar-refractivity contribution in [3.05, 3.63) is 64.7 Å². The molecular weight excluding hydrogens is 418 g/mol. The highest BCUT2D eigenvalue weighted by molar-refractivity contribution is 7.80. The molecule has 1 unspecified atom stereocenters. The van der Waals surface area contributed by atoms with Gasteiger partial charge in [0.1, 0.15) is 0 Å². The summed E-state index contributed by atoms with van der Waals surface area (Å²) in [5.74, 6) is -0.0640. The number of ketones is 1. The van der Waals surface area contributed by atoms with E-state index < -0.39 is 6.17 Å². The number of hydrogen-bond donors (Lipinski definition) is 3. The molecule has 0 fully saturated rings. The summed E-state index contributed by atoms with van der Waals surface area (Å²) in [6.45, 7) is 1.80. The van der Waals surface area contributed by atoms with Crippen LogP contribution in [-0.2, 0) is 4.79 Å². The Morgan fingerprint density at radius 2 is 2.00 bits per heavy atom. The number of hydrogen-bond acceptors (Lipinski definition) is 5. The summed E-state index contributed by atoms with van der Waals surface area (Å²) in [4.78, 5) is 19.7. The van der Waals surface area contributed by atoms with Crippen molar-refractivity contribution in [2.75, 3.05) is 38.6 Å². The molecule has 2 aromatic carbocycles. The van der Waals surface area contributed by atoms with Gasteiger partial charge in [-0.1, -0.05) is 41.9 Å². The van der Waals surface area contributed by atoms with Crippen molar-refractivity contribution in [1.82, 2.24) is 16.0 Å². The molecule has 3 rings (SSSR count). The number of Topliss-reactive ketones (excluding diaryl/α,β-unsaturated/α-hetero) is 1. The van der Waals surface area contributed by atoms with Crippen LogP contribution in [0.25, 0.3) is 0 Å². The molecule has 1 aliphatic rings. The number of fused-ring (bicyclic) bond motifs is 1. The molecule has 0 saturated heterocycles. The van der Waals surface area contributed by atoms with Crippen LogP contribution in [0.5, 0.6) is 0 Å². The average molecular weight is 444 g/mol. The Morgan fingerprint density at radius 1 is 1.23 bits per heavy atom. The molecule has 158 valence electrons. The van der Waals surface area contributed by atoms with E-state index in [1.165, 1.54) is 0 Å². The topological polar surface area (TPSA) is 68.8 Å². The fourth-order valence-electron chi connectivity index (χ4n) is 3.29. The number of nitrogens with zero attached hydrogens (tertiary/aromatic N) is 2. The minimum atomic E-state index is -0.793. The minimum Gasteiger partial charge on any atom is -0.367 e. The van der Waals surface area contributed by atoms with E-state index in [0.717, 1.165) is 29.8 Å². The first-order chi connectivity index (χ1) is 14.5. The molecule has 3 N–H and O–H groups in total. The number of aliphatic imine (C=N–C) groups is 1. The van der Waals surface area contributed by atoms with Crippen LogP contribution in [0.4, 0.5) is 5.69 Å². The summed E-state index contributed by atoms with van der Waals surface area (Å²) in [7, 11) is 3.80. The highest BCUT2D eigenvalue weighted by Crippen LogP contribution is 2.28. The first-order valence-electron chi connectivity index (χ1n) is 9.85. The number of likely N-dealkylation sites (N-methyl/N-ethyl adjacent to an activating group) is 1. The number of carbonyl (C=O) groups excluding carboxylic acids is 1. The summed E-state index contributed by atoms with van der Waals surface area (Å²) < 4.78 is 0. The van der Waals surface area contributed by atoms with E-state index >= 15 is 0 Å². The van der Waals surface area contributed by atoms with Gasteiger partial charge in [-0.3, -0.25) is 9.79 Å². The van der Waals surface area contributed by atoms with Crippen LogP contribution in [0.2, 0.25) is 5.02 Å². The van der Waals surface area contributed by atoms with Crippen LogP contribution in [0.1, 0.15) is 17.5 Å². The van der Waals surface area contributed by atoms with Gasteiger partial charge in [-0.15, -0.1) is 0 Å². The van der Waals surface area contributed by atoms with Gasteiger partial charge in [-0.2, -0.15) is 0 Å². The van der Waals surface area contributed by atoms with Gasteiger partial charge >= 0.3 is 0 Å². The molecule has 1 heterocycles. The lowest BCUT2D eigenvalue weighted by Gasteiger charge is -2.28. The van der Waals surface area contributed by atoms with Crippen LogP contribution in [0.15, 0.2) is 53.5 Å². The zero-order valence-corrected chi connectivity index (χ0v) is 18.7. The highest BCUT2D eigenvalue weighted by atomic mass is 35.5. The van der Waals surface area contributed by atoms with Crippen molar-refractivity contribution >= 4 is 46.1 Å². The van der Waals surface area contributed by atoms with E-state index in [-0.39, 0.29) is 12.3 Å². The molecule has 6 nitrogen and oxygen atoms in total. The molecule has 0 radical (unpaired) electrons. The van der Waals surface area contributed by atoms with Gasteiger partial charge in [-0.05, 0) is 50.4 Å². The predicted molar refractivity (Wildman–Crippen MR) is 128 cm³/mol. The third-order valence-electron chi connectivity index (χ3n) is 4.79. The zero-order chi connectivity index (χ0) is 21.5. The first-order valence-corrected chi connectivity index (χ1v) is 10.6. The molecule has 30 heavy (non-hydrogen) atoms. The molecule has 0 spiro atoms. The largest absolute Gasteiger partial charge is 0.367 e. The summed E-state index contributed by atoms with van der Waals surface area (Å²) in [5.41, 5.74) is 3.39. The summed E-state index contributed by atoms with van der Waals surface area (Å²) in [5, 5.41) is 10.3. The Labute approximate surface area is 187 Å². The molecule has 0 aromatic heterocycles. The van der Waals surface area contributed by atoms with Crippen LogP contribution >= 0.6 is 23.8 Å². The Kier molecular flexibility index (Phi) is 7.79. The quantitative estimate of drug-likeness (QED) is 0.471. The van der Waals surface area contributed by atoms with Gasteiger partial charge in [0.15, 0.2) is 17.1 Å². The molecule has 0 amide bonds. The van der Waals surface area contributed by atoms with Crippen LogP contribution in [0, 0.1) is 0 Å². The fourth-order valence-corrected chi connectivity index (χ4v) is 3.67. The monoisotopic (exact) mass is 443 g/mol. The molecule has 0 aliphatic carbocycles. The van der Waals surface area contributed by atoms with Crippen LogP contribution < -0.4 is 20.9 Å². The van der Waals surface area contributed by atoms with E-state index in [0.29, 0.717) is 22.4 Å². The second-order valence-corrected chi connectivity index (χ2v) is 7.93. The maximum Gasteiger partial charge on any atom is 0.196 e. The lowest BCUT2D eigenvalue weighted by molar-refractivity contribution is -0.119. The van der Waals surface area contributed by atoms with Crippen molar-refractivity contribution in [3.63, 3.8) is 0 Å². The predicted octanol–water partition coefficient (Wildman–Crippen LogP) is 2.60. The van der Waals surface area contributed by atoms with Crippen molar-refractivity contribution < 1.29 is 4.79 Å². The van der Waals surface area contributed by atoms with E-state index in [9.17, 15) is 4.79 Å². The highest BCUT2D eigenvalue weighted by Gasteiger charge is 2.27. The number of anilines is 1. The maximum atomic E-state index is 13.0. The SMILES string of the molecule is CNCCCNC(=S)NC1/N=C(/c2ccccc2)c2cc(Cl)ccc2N(C)CC1=O. The summed E-state index contributed by atoms with van der Waals surface area (Å²) in [6, 6.07) is 15.4. The third kappa shape index (κ3) is 5.56. The number of benzene rings is 2. The Bertz CT molecular complexity index is 934. The van der Waals surface area contributed by atoms with Gasteiger partial charge in [0.25, 0.3) is 0 Å². The molecule has 0 bridgehead atoms. The Morgan fingerprint density at radius 3 is 2.73 bits per heavy atom. The molecular formula is C22H26ClN5OS. The smallest absolute Gasteiger partial charge is 0.196 e. The van der Waals surface area contributed by atoms with Crippen LogP contribution in [-0.4, -0.2) is 56.5 Å². The number of halogens is 1. The standard InChI is InChI=1S/C22H26ClN5OS/c1-24-11-6-12-25-22(30)27-21-19(29)14-28(2)18-10-9-16(23)13-17(18)20(26-21)15-7-4-3-5-8-15/h3-5,7-10,13,21,24H,6,11-12,14H2,1-2H3,(H2,25,27,30)/b26-20-. The maximum absolute atomic E-state index is 13.0. The van der Waals surface area contributed by atoms with Crippen molar-refractivity contribution in [3.8, 4) is 0 Å². The summed E-state index contributed by atoms with van der Waals surface area (Å²) >= 11 is 11.7. The normalized spacial score (nSPS) is 18.0. The van der Waals surface area contributed by atoms with Gasteiger partial charge in [-0.25, -0.2) is 0 Å². The number of nitrogens with one attached hydrogen (secondary N) is 3. The Hall–Kier alpha value is -2.48. The second-order valence-electron chi connectivity index (χ2n) is 7.09. The van der Waals surface area contributed by atoms with E-state index in [1.54, 1.807) is 0 Å². The van der Waals surface area contributed by atoms with Gasteiger partial charge in [0.2, 0.25) is 0 Å². The lowest BCUT2D eigenvalue weighted by atomic mass is 9.98. The molecule has 2 aromatic rings. The molecule has 1 aliphatic heterocycles. The zero-order valence-electron chi connectivity index (χ0n) is 17.1. The second kappa shape index (κ2) is 10.5. The molecule has 8 heteroatoms. The summed E-state index contributed by atoms with van der Waals surface area (Å²) in [6.07, 6.45) is 0.128. The van der Waals surface area contributed by atoms with Gasteiger partial charge in [0.05, 0.1) is 12.3 Å². The van der Waals surface area contributed by atoms with Crippen molar-refractivity contribution in [2.24, 2.45) is 4.99 Å². The van der Waals surface area contributed by atoms with E-state index in [4.69, 9.17) is 28.8 Å². The lowest BCUT2D eigenvalue weighted by Crippen LogP contribution is -2.49. The fraction of sp³-hybridized carbons (Fsp3) is 0.318. The van der Waals surface area contributed by atoms with Crippen LogP contribution in [0.3, 0.4) is 0 Å². The molecule has 1 atom stereocenters. The average Bonchev–Trinajstić information content (AvgIpc) is 2.73. The molecule has 0 saturated carbocycles. The van der Waals surface area contributed by atoms with Gasteiger partial charge in [0, 0.05) is 35.4 Å². The Balaban J connectivity index is 1.97. The number of carbonyl (C=O) groups is 1. The van der Waals surface area contributed by atoms with Gasteiger partial charge < -0.3 is 20.9 Å². The number of rotatable bonds is 6. The van der Waals surface area contributed by atoms with Crippen molar-refractivity contribution in [2.45, 2.75) is 12.6 Å². The van der Waals surface area contributed by atoms with E-state index in [2.05, 4.69) is 16.0 Å². The van der Waals surface area contributed by atoms with E-state index in [1.807, 2.05) is 67.5 Å². The van der Waals surface area contributed by atoms with Crippen molar-refractivity contribution in [1.29, 1.82) is 0 Å². The third-order valence-corrected chi connectivity index (χ3v) is 5.28. The number of thiocarbonyl (C=S) groups is 1.